The van der Waals surface area contributed by atoms with E-state index in [2.05, 4.69) is 29.4 Å². The van der Waals surface area contributed by atoms with E-state index in [0.717, 1.165) is 17.5 Å². The lowest BCUT2D eigenvalue weighted by Gasteiger charge is -2.41. The van der Waals surface area contributed by atoms with Crippen LogP contribution in [-0.2, 0) is 0 Å². The van der Waals surface area contributed by atoms with E-state index in [-0.39, 0.29) is 0 Å². The molecule has 16 heavy (non-hydrogen) atoms. The predicted octanol–water partition coefficient (Wildman–Crippen LogP) is 2.80. The summed E-state index contributed by atoms with van der Waals surface area (Å²) < 4.78 is 0. The van der Waals surface area contributed by atoms with E-state index in [1.165, 1.54) is 30.8 Å². The van der Waals surface area contributed by atoms with Crippen molar-refractivity contribution in [2.45, 2.75) is 12.3 Å². The molecule has 0 bridgehead atoms. The molecule has 2 aliphatic rings. The van der Waals surface area contributed by atoms with Crippen LogP contribution in [0.1, 0.15) is 17.9 Å². The Hall–Kier alpha value is -0.730. The SMILES string of the molecule is CN1CCC2c3cc(Cl)ccc3NCC2C1. The van der Waals surface area contributed by atoms with Gasteiger partial charge in [-0.25, -0.2) is 0 Å². The number of hydrogen-bond donors (Lipinski definition) is 1. The Labute approximate surface area is 102 Å². The molecule has 0 saturated carbocycles. The molecule has 0 radical (unpaired) electrons. The topological polar surface area (TPSA) is 15.3 Å². The summed E-state index contributed by atoms with van der Waals surface area (Å²) in [5.41, 5.74) is 2.71. The molecule has 3 rings (SSSR count). The smallest absolute Gasteiger partial charge is 0.0410 e. The van der Waals surface area contributed by atoms with Crippen molar-refractivity contribution in [3.05, 3.63) is 28.8 Å². The van der Waals surface area contributed by atoms with Crippen molar-refractivity contribution in [2.24, 2.45) is 5.92 Å². The van der Waals surface area contributed by atoms with Gasteiger partial charge in [0, 0.05) is 23.8 Å². The van der Waals surface area contributed by atoms with Gasteiger partial charge in [-0.3, -0.25) is 0 Å². The number of anilines is 1. The molecule has 0 aromatic heterocycles. The summed E-state index contributed by atoms with van der Waals surface area (Å²) in [4.78, 5) is 2.43. The minimum atomic E-state index is 0.700. The van der Waals surface area contributed by atoms with Gasteiger partial charge in [0.1, 0.15) is 0 Å². The zero-order valence-electron chi connectivity index (χ0n) is 9.54. The lowest BCUT2D eigenvalue weighted by Crippen LogP contribution is -2.42. The fourth-order valence-corrected chi connectivity index (χ4v) is 3.25. The lowest BCUT2D eigenvalue weighted by atomic mass is 9.77. The second-order valence-electron chi connectivity index (χ2n) is 5.03. The second-order valence-corrected chi connectivity index (χ2v) is 5.47. The Morgan fingerprint density at radius 3 is 3.19 bits per heavy atom. The molecule has 1 fully saturated rings. The van der Waals surface area contributed by atoms with Crippen LogP contribution in [0.2, 0.25) is 5.02 Å². The maximum Gasteiger partial charge on any atom is 0.0410 e. The highest BCUT2D eigenvalue weighted by Gasteiger charge is 2.33. The van der Waals surface area contributed by atoms with Crippen LogP contribution < -0.4 is 5.32 Å². The fourth-order valence-electron chi connectivity index (χ4n) is 3.07. The van der Waals surface area contributed by atoms with Crippen molar-refractivity contribution in [2.75, 3.05) is 32.0 Å². The van der Waals surface area contributed by atoms with Gasteiger partial charge < -0.3 is 10.2 Å². The monoisotopic (exact) mass is 236 g/mol. The van der Waals surface area contributed by atoms with Gasteiger partial charge in [0.2, 0.25) is 0 Å². The van der Waals surface area contributed by atoms with Crippen LogP contribution in [0.3, 0.4) is 0 Å². The van der Waals surface area contributed by atoms with Crippen molar-refractivity contribution < 1.29 is 0 Å². The quantitative estimate of drug-likeness (QED) is 0.745. The summed E-state index contributed by atoms with van der Waals surface area (Å²) in [5, 5.41) is 4.39. The van der Waals surface area contributed by atoms with Gasteiger partial charge in [-0.15, -0.1) is 0 Å². The van der Waals surface area contributed by atoms with Gasteiger partial charge in [0.05, 0.1) is 0 Å². The molecule has 0 spiro atoms. The third-order valence-corrected chi connectivity index (χ3v) is 4.14. The standard InChI is InChI=1S/C13H17ClN2/c1-16-5-4-11-9(8-16)7-15-13-3-2-10(14)6-12(11)13/h2-3,6,9,11,15H,4-5,7-8H2,1H3. The van der Waals surface area contributed by atoms with Crippen molar-refractivity contribution >= 4 is 17.3 Å². The molecule has 2 atom stereocenters. The number of hydrogen-bond acceptors (Lipinski definition) is 2. The maximum atomic E-state index is 6.10. The van der Waals surface area contributed by atoms with E-state index < -0.39 is 0 Å². The number of benzene rings is 1. The summed E-state index contributed by atoms with van der Waals surface area (Å²) in [6, 6.07) is 6.24. The lowest BCUT2D eigenvalue weighted by molar-refractivity contribution is 0.188. The molecular formula is C13H17ClN2. The molecule has 2 heterocycles. The molecule has 2 aliphatic heterocycles. The van der Waals surface area contributed by atoms with E-state index in [0.29, 0.717) is 5.92 Å². The highest BCUT2D eigenvalue weighted by Crippen LogP contribution is 2.41. The zero-order chi connectivity index (χ0) is 11.1. The average Bonchev–Trinajstić information content (AvgIpc) is 2.28. The highest BCUT2D eigenvalue weighted by atomic mass is 35.5. The summed E-state index contributed by atoms with van der Waals surface area (Å²) in [5.74, 6) is 1.44. The predicted molar refractivity (Wildman–Crippen MR) is 68.3 cm³/mol. The molecule has 2 nitrogen and oxygen atoms in total. The minimum Gasteiger partial charge on any atom is -0.384 e. The number of rotatable bonds is 0. The van der Waals surface area contributed by atoms with Crippen LogP contribution in [0.25, 0.3) is 0 Å². The van der Waals surface area contributed by atoms with Gasteiger partial charge >= 0.3 is 0 Å². The molecule has 2 unspecified atom stereocenters. The number of nitrogens with one attached hydrogen (secondary N) is 1. The van der Waals surface area contributed by atoms with Gasteiger partial charge in [-0.1, -0.05) is 11.6 Å². The Morgan fingerprint density at radius 2 is 2.31 bits per heavy atom. The zero-order valence-corrected chi connectivity index (χ0v) is 10.3. The Kier molecular flexibility index (Phi) is 2.56. The number of likely N-dealkylation sites (tertiary alicyclic amines) is 1. The van der Waals surface area contributed by atoms with Crippen LogP contribution in [0.4, 0.5) is 5.69 Å². The largest absolute Gasteiger partial charge is 0.384 e. The van der Waals surface area contributed by atoms with E-state index in [9.17, 15) is 0 Å². The third kappa shape index (κ3) is 1.70. The molecule has 1 aromatic rings. The molecule has 1 aromatic carbocycles. The molecule has 3 heteroatoms. The van der Waals surface area contributed by atoms with Crippen molar-refractivity contribution in [3.63, 3.8) is 0 Å². The Balaban J connectivity index is 1.96. The number of halogens is 1. The van der Waals surface area contributed by atoms with Gasteiger partial charge in [0.25, 0.3) is 0 Å². The van der Waals surface area contributed by atoms with Gasteiger partial charge in [-0.2, -0.15) is 0 Å². The maximum absolute atomic E-state index is 6.10. The molecule has 0 aliphatic carbocycles. The fraction of sp³-hybridized carbons (Fsp3) is 0.538. The normalized spacial score (nSPS) is 29.1. The Bertz CT molecular complexity index is 405. The molecule has 86 valence electrons. The van der Waals surface area contributed by atoms with Crippen molar-refractivity contribution in [1.29, 1.82) is 0 Å². The van der Waals surface area contributed by atoms with E-state index >= 15 is 0 Å². The summed E-state index contributed by atoms with van der Waals surface area (Å²) in [6.45, 7) is 3.50. The van der Waals surface area contributed by atoms with Crippen LogP contribution in [0.5, 0.6) is 0 Å². The van der Waals surface area contributed by atoms with E-state index in [4.69, 9.17) is 11.6 Å². The van der Waals surface area contributed by atoms with Crippen LogP contribution >= 0.6 is 11.6 Å². The van der Waals surface area contributed by atoms with Crippen molar-refractivity contribution in [3.8, 4) is 0 Å². The molecule has 1 N–H and O–H groups in total. The van der Waals surface area contributed by atoms with E-state index in [1.807, 2.05) is 6.07 Å². The summed E-state index contributed by atoms with van der Waals surface area (Å²) in [7, 11) is 2.21. The first-order chi connectivity index (χ1) is 7.74. The first-order valence-corrected chi connectivity index (χ1v) is 6.33. The van der Waals surface area contributed by atoms with Gasteiger partial charge in [-0.05, 0) is 55.6 Å². The van der Waals surface area contributed by atoms with Crippen LogP contribution in [-0.4, -0.2) is 31.6 Å². The first kappa shape index (κ1) is 10.4. The number of nitrogens with zero attached hydrogens (tertiary/aromatic N) is 1. The third-order valence-electron chi connectivity index (χ3n) is 3.90. The molecule has 1 saturated heterocycles. The minimum absolute atomic E-state index is 0.700. The molecular weight excluding hydrogens is 220 g/mol. The number of piperidine rings is 1. The summed E-state index contributed by atoms with van der Waals surface area (Å²) in [6.07, 6.45) is 1.26. The van der Waals surface area contributed by atoms with E-state index in [1.54, 1.807) is 0 Å². The van der Waals surface area contributed by atoms with Gasteiger partial charge in [0.15, 0.2) is 0 Å². The van der Waals surface area contributed by atoms with Crippen molar-refractivity contribution in [1.82, 2.24) is 4.90 Å². The molecule has 0 amide bonds. The van der Waals surface area contributed by atoms with Crippen LogP contribution in [0, 0.1) is 5.92 Å². The van der Waals surface area contributed by atoms with Crippen LogP contribution in [0.15, 0.2) is 18.2 Å². The Morgan fingerprint density at radius 1 is 1.44 bits per heavy atom. The summed E-state index contributed by atoms with van der Waals surface area (Å²) >= 11 is 6.10. The highest BCUT2D eigenvalue weighted by molar-refractivity contribution is 6.30. The number of fused-ring (bicyclic) bond motifs is 3. The second kappa shape index (κ2) is 3.94. The average molecular weight is 237 g/mol. The first-order valence-electron chi connectivity index (χ1n) is 5.96.